The number of benzene rings is 1. The zero-order valence-electron chi connectivity index (χ0n) is 16.8. The van der Waals surface area contributed by atoms with Crippen LogP contribution in [0.3, 0.4) is 0 Å². The van der Waals surface area contributed by atoms with Crippen molar-refractivity contribution in [3.63, 3.8) is 0 Å². The largest absolute Gasteiger partial charge is 0.360 e. The van der Waals surface area contributed by atoms with Crippen molar-refractivity contribution in [2.75, 3.05) is 13.1 Å². The van der Waals surface area contributed by atoms with E-state index in [2.05, 4.69) is 10.5 Å². The fourth-order valence-corrected chi connectivity index (χ4v) is 5.77. The van der Waals surface area contributed by atoms with Crippen LogP contribution < -0.4 is 5.32 Å². The van der Waals surface area contributed by atoms with Crippen molar-refractivity contribution >= 4 is 27.5 Å². The minimum absolute atomic E-state index is 0.0305. The van der Waals surface area contributed by atoms with Crippen LogP contribution in [-0.4, -0.2) is 36.9 Å². The first-order valence-electron chi connectivity index (χ1n) is 9.65. The number of sulfonamides is 1. The molecule has 0 aliphatic carbocycles. The molecule has 2 heterocycles. The zero-order chi connectivity index (χ0) is 21.2. The average molecular weight is 440 g/mol. The number of nitrogens with zero attached hydrogens (tertiary/aromatic N) is 2. The summed E-state index contributed by atoms with van der Waals surface area (Å²) in [7, 11) is -3.64. The minimum atomic E-state index is -3.64. The van der Waals surface area contributed by atoms with Crippen LogP contribution in [0, 0.1) is 25.7 Å². The summed E-state index contributed by atoms with van der Waals surface area (Å²) in [4.78, 5) is 12.7. The highest BCUT2D eigenvalue weighted by atomic mass is 35.5. The second kappa shape index (κ2) is 8.85. The number of piperidine rings is 1. The molecule has 1 aromatic carbocycles. The molecule has 29 heavy (non-hydrogen) atoms. The Morgan fingerprint density at radius 1 is 1.34 bits per heavy atom. The Hall–Kier alpha value is -1.90. The van der Waals surface area contributed by atoms with E-state index in [4.69, 9.17) is 16.1 Å². The summed E-state index contributed by atoms with van der Waals surface area (Å²) in [6.45, 7) is 6.31. The number of hydrogen-bond donors (Lipinski definition) is 1. The molecule has 1 aliphatic heterocycles. The molecule has 0 saturated carbocycles. The van der Waals surface area contributed by atoms with E-state index >= 15 is 0 Å². The standard InChI is InChI=1S/C20H26ClN3O4S/c1-13(20(25)22-12-16-5-4-6-18(21)11-16)17-7-9-24(10-8-17)29(26,27)19-14(2)23-28-15(19)3/h4-6,11,13,17H,7-10,12H2,1-3H3,(H,22,25). The minimum Gasteiger partial charge on any atom is -0.360 e. The Bertz CT molecular complexity index is 962. The van der Waals surface area contributed by atoms with E-state index in [-0.39, 0.29) is 22.6 Å². The number of carbonyl (C=O) groups excluding carboxylic acids is 1. The van der Waals surface area contributed by atoms with Gasteiger partial charge in [-0.2, -0.15) is 4.31 Å². The van der Waals surface area contributed by atoms with E-state index in [1.54, 1.807) is 19.9 Å². The summed E-state index contributed by atoms with van der Waals surface area (Å²) < 4.78 is 32.3. The number of halogens is 1. The van der Waals surface area contributed by atoms with E-state index in [9.17, 15) is 13.2 Å². The van der Waals surface area contributed by atoms with E-state index < -0.39 is 10.0 Å². The third-order valence-corrected chi connectivity index (χ3v) is 7.92. The molecule has 1 unspecified atom stereocenters. The number of carbonyl (C=O) groups is 1. The van der Waals surface area contributed by atoms with Gasteiger partial charge in [-0.25, -0.2) is 8.42 Å². The van der Waals surface area contributed by atoms with Gasteiger partial charge in [-0.15, -0.1) is 0 Å². The summed E-state index contributed by atoms with van der Waals surface area (Å²) in [6, 6.07) is 7.38. The van der Waals surface area contributed by atoms with Crippen molar-refractivity contribution in [2.45, 2.75) is 45.1 Å². The van der Waals surface area contributed by atoms with Crippen molar-refractivity contribution < 1.29 is 17.7 Å². The Morgan fingerprint density at radius 2 is 2.03 bits per heavy atom. The number of aryl methyl sites for hydroxylation is 2. The highest BCUT2D eigenvalue weighted by Crippen LogP contribution is 2.30. The molecular weight excluding hydrogens is 414 g/mol. The number of amides is 1. The highest BCUT2D eigenvalue weighted by Gasteiger charge is 2.36. The lowest BCUT2D eigenvalue weighted by Gasteiger charge is -2.33. The summed E-state index contributed by atoms with van der Waals surface area (Å²) in [5, 5.41) is 7.34. The third-order valence-electron chi connectivity index (χ3n) is 5.54. The number of nitrogens with one attached hydrogen (secondary N) is 1. The molecule has 1 amide bonds. The molecule has 1 saturated heterocycles. The monoisotopic (exact) mass is 439 g/mol. The molecule has 1 aliphatic rings. The van der Waals surface area contributed by atoms with Crippen molar-refractivity contribution in [1.82, 2.24) is 14.8 Å². The molecule has 1 aromatic heterocycles. The predicted molar refractivity (Wildman–Crippen MR) is 110 cm³/mol. The van der Waals surface area contributed by atoms with E-state index in [1.807, 2.05) is 25.1 Å². The van der Waals surface area contributed by atoms with Crippen LogP contribution in [0.1, 0.15) is 36.8 Å². The van der Waals surface area contributed by atoms with Crippen LogP contribution in [0.5, 0.6) is 0 Å². The van der Waals surface area contributed by atoms with Crippen molar-refractivity contribution in [3.05, 3.63) is 46.3 Å². The quantitative estimate of drug-likeness (QED) is 0.745. The molecule has 158 valence electrons. The van der Waals surface area contributed by atoms with Gasteiger partial charge >= 0.3 is 0 Å². The maximum Gasteiger partial charge on any atom is 0.248 e. The lowest BCUT2D eigenvalue weighted by Crippen LogP contribution is -2.42. The second-order valence-corrected chi connectivity index (χ2v) is 9.84. The van der Waals surface area contributed by atoms with E-state index in [0.717, 1.165) is 5.56 Å². The van der Waals surface area contributed by atoms with Crippen LogP contribution >= 0.6 is 11.6 Å². The van der Waals surface area contributed by atoms with Gasteiger partial charge in [0.25, 0.3) is 0 Å². The van der Waals surface area contributed by atoms with Crippen LogP contribution in [0.25, 0.3) is 0 Å². The molecule has 2 aromatic rings. The number of aromatic nitrogens is 1. The fraction of sp³-hybridized carbons (Fsp3) is 0.500. The average Bonchev–Trinajstić information content (AvgIpc) is 3.04. The molecule has 0 bridgehead atoms. The topological polar surface area (TPSA) is 92.5 Å². The summed E-state index contributed by atoms with van der Waals surface area (Å²) in [6.07, 6.45) is 1.27. The Kier molecular flexibility index (Phi) is 6.65. The van der Waals surface area contributed by atoms with Crippen LogP contribution in [0.2, 0.25) is 5.02 Å². The van der Waals surface area contributed by atoms with Crippen LogP contribution in [0.4, 0.5) is 0 Å². The van der Waals surface area contributed by atoms with Gasteiger partial charge in [0.05, 0.1) is 0 Å². The van der Waals surface area contributed by atoms with Crippen LogP contribution in [0.15, 0.2) is 33.7 Å². The summed E-state index contributed by atoms with van der Waals surface area (Å²) >= 11 is 5.98. The van der Waals surface area contributed by atoms with Gasteiger partial charge in [-0.1, -0.05) is 35.8 Å². The normalized spacial score (nSPS) is 17.2. The van der Waals surface area contributed by atoms with Gasteiger partial charge in [-0.05, 0) is 50.3 Å². The van der Waals surface area contributed by atoms with Gasteiger partial charge in [0.2, 0.25) is 15.9 Å². The second-order valence-electron chi connectivity index (χ2n) is 7.53. The Morgan fingerprint density at radius 3 is 2.62 bits per heavy atom. The molecule has 0 spiro atoms. The van der Waals surface area contributed by atoms with Crippen molar-refractivity contribution in [2.24, 2.45) is 11.8 Å². The zero-order valence-corrected chi connectivity index (χ0v) is 18.4. The molecule has 3 rings (SSSR count). The fourth-order valence-electron chi connectivity index (χ4n) is 3.80. The van der Waals surface area contributed by atoms with Gasteiger partial charge in [0, 0.05) is 30.6 Å². The molecule has 1 fully saturated rings. The SMILES string of the molecule is Cc1noc(C)c1S(=O)(=O)N1CCC(C(C)C(=O)NCc2cccc(Cl)c2)CC1. The van der Waals surface area contributed by atoms with E-state index in [1.165, 1.54) is 4.31 Å². The van der Waals surface area contributed by atoms with Crippen molar-refractivity contribution in [1.29, 1.82) is 0 Å². The van der Waals surface area contributed by atoms with E-state index in [0.29, 0.717) is 49.0 Å². The summed E-state index contributed by atoms with van der Waals surface area (Å²) in [5.74, 6) is 0.207. The molecule has 9 heteroatoms. The molecule has 7 nitrogen and oxygen atoms in total. The Balaban J connectivity index is 1.56. The van der Waals surface area contributed by atoms with Crippen LogP contribution in [-0.2, 0) is 21.4 Å². The maximum absolute atomic E-state index is 12.9. The first-order chi connectivity index (χ1) is 13.7. The molecule has 1 N–H and O–H groups in total. The van der Waals surface area contributed by atoms with Crippen molar-refractivity contribution in [3.8, 4) is 0 Å². The Labute approximate surface area is 176 Å². The lowest BCUT2D eigenvalue weighted by atomic mass is 9.85. The maximum atomic E-state index is 12.9. The predicted octanol–water partition coefficient (Wildman–Crippen LogP) is 3.30. The first kappa shape index (κ1) is 21.8. The summed E-state index contributed by atoms with van der Waals surface area (Å²) in [5.41, 5.74) is 1.32. The highest BCUT2D eigenvalue weighted by molar-refractivity contribution is 7.89. The van der Waals surface area contributed by atoms with Gasteiger partial charge in [0.15, 0.2) is 5.76 Å². The van der Waals surface area contributed by atoms with Gasteiger partial charge in [0.1, 0.15) is 10.6 Å². The lowest BCUT2D eigenvalue weighted by molar-refractivity contribution is -0.126. The molecule has 0 radical (unpaired) electrons. The van der Waals surface area contributed by atoms with Gasteiger partial charge in [-0.3, -0.25) is 4.79 Å². The first-order valence-corrected chi connectivity index (χ1v) is 11.5. The molecule has 1 atom stereocenters. The third kappa shape index (κ3) is 4.82. The number of rotatable bonds is 6. The smallest absolute Gasteiger partial charge is 0.248 e. The molecular formula is C20H26ClN3O4S. The van der Waals surface area contributed by atoms with Gasteiger partial charge < -0.3 is 9.84 Å². The number of hydrogen-bond acceptors (Lipinski definition) is 5.